The minimum Gasteiger partial charge on any atom is -0.368 e. The van der Waals surface area contributed by atoms with E-state index in [2.05, 4.69) is 30.8 Å². The molecule has 0 unspecified atom stereocenters. The lowest BCUT2D eigenvalue weighted by atomic mass is 10.2. The molecule has 0 aliphatic carbocycles. The molecule has 1 aromatic carbocycles. The SMILES string of the molecule is Fc1ccc(N2CCN(c3cc(SCc4ccncc4)ncn3)CC2)cc1. The lowest BCUT2D eigenvalue weighted by molar-refractivity contribution is 0.624. The van der Waals surface area contributed by atoms with Crippen LogP contribution >= 0.6 is 11.8 Å². The van der Waals surface area contributed by atoms with Gasteiger partial charge in [-0.1, -0.05) is 0 Å². The number of hydrogen-bond donors (Lipinski definition) is 0. The number of pyridine rings is 1. The second kappa shape index (κ2) is 8.35. The lowest BCUT2D eigenvalue weighted by Gasteiger charge is -2.36. The summed E-state index contributed by atoms with van der Waals surface area (Å²) in [5.74, 6) is 1.62. The Hall–Kier alpha value is -2.67. The van der Waals surface area contributed by atoms with Gasteiger partial charge in [-0.25, -0.2) is 14.4 Å². The van der Waals surface area contributed by atoms with Crippen LogP contribution in [-0.2, 0) is 5.75 Å². The quantitative estimate of drug-likeness (QED) is 0.497. The number of halogens is 1. The second-order valence-corrected chi connectivity index (χ2v) is 7.30. The molecule has 1 saturated heterocycles. The van der Waals surface area contributed by atoms with Gasteiger partial charge in [0.25, 0.3) is 0 Å². The molecule has 1 aliphatic heterocycles. The summed E-state index contributed by atoms with van der Waals surface area (Å²) in [6.45, 7) is 3.52. The summed E-state index contributed by atoms with van der Waals surface area (Å²) in [6.07, 6.45) is 5.25. The van der Waals surface area contributed by atoms with Crippen molar-refractivity contribution in [2.45, 2.75) is 10.8 Å². The van der Waals surface area contributed by atoms with Crippen molar-refractivity contribution in [3.8, 4) is 0 Å². The maximum atomic E-state index is 13.1. The number of aromatic nitrogens is 3. The summed E-state index contributed by atoms with van der Waals surface area (Å²) >= 11 is 1.70. The number of anilines is 2. The molecule has 0 atom stereocenters. The van der Waals surface area contributed by atoms with Crippen LogP contribution < -0.4 is 9.80 Å². The van der Waals surface area contributed by atoms with Crippen molar-refractivity contribution in [1.29, 1.82) is 0 Å². The first-order valence-corrected chi connectivity index (χ1v) is 9.86. The first-order valence-electron chi connectivity index (χ1n) is 8.87. The standard InChI is InChI=1S/C20H20FN5S/c21-17-1-3-18(4-2-17)25-9-11-26(12-10-25)19-13-20(24-15-23-19)27-14-16-5-7-22-8-6-16/h1-8,13,15H,9-12,14H2. The molecule has 27 heavy (non-hydrogen) atoms. The third kappa shape index (κ3) is 4.54. The van der Waals surface area contributed by atoms with E-state index in [-0.39, 0.29) is 5.82 Å². The van der Waals surface area contributed by atoms with E-state index < -0.39 is 0 Å². The van der Waals surface area contributed by atoms with Gasteiger partial charge in [-0.3, -0.25) is 4.98 Å². The molecule has 7 heteroatoms. The molecular formula is C20H20FN5S. The molecule has 0 N–H and O–H groups in total. The molecule has 0 bridgehead atoms. The molecule has 0 amide bonds. The van der Waals surface area contributed by atoms with E-state index in [1.165, 1.54) is 17.7 Å². The van der Waals surface area contributed by atoms with Gasteiger partial charge in [0.2, 0.25) is 0 Å². The number of rotatable bonds is 5. The Morgan fingerprint density at radius 3 is 2.33 bits per heavy atom. The van der Waals surface area contributed by atoms with Crippen LogP contribution in [0.4, 0.5) is 15.9 Å². The summed E-state index contributed by atoms with van der Waals surface area (Å²) < 4.78 is 13.1. The first kappa shape index (κ1) is 17.7. The predicted molar refractivity (Wildman–Crippen MR) is 107 cm³/mol. The predicted octanol–water partition coefficient (Wildman–Crippen LogP) is 3.63. The van der Waals surface area contributed by atoms with Crippen LogP contribution in [0.5, 0.6) is 0 Å². The maximum Gasteiger partial charge on any atom is 0.133 e. The van der Waals surface area contributed by atoms with E-state index in [1.807, 2.05) is 36.7 Å². The number of piperazine rings is 1. The molecule has 138 valence electrons. The highest BCUT2D eigenvalue weighted by Gasteiger charge is 2.19. The number of thioether (sulfide) groups is 1. The van der Waals surface area contributed by atoms with Crippen molar-refractivity contribution in [3.05, 3.63) is 72.6 Å². The topological polar surface area (TPSA) is 45.2 Å². The zero-order valence-electron chi connectivity index (χ0n) is 14.8. The Bertz CT molecular complexity index is 867. The highest BCUT2D eigenvalue weighted by atomic mass is 32.2. The van der Waals surface area contributed by atoms with E-state index in [0.717, 1.165) is 48.5 Å². The Labute approximate surface area is 162 Å². The van der Waals surface area contributed by atoms with Crippen LogP contribution in [-0.4, -0.2) is 41.1 Å². The maximum absolute atomic E-state index is 13.1. The molecule has 2 aromatic heterocycles. The van der Waals surface area contributed by atoms with E-state index >= 15 is 0 Å². The summed E-state index contributed by atoms with van der Waals surface area (Å²) in [7, 11) is 0. The van der Waals surface area contributed by atoms with Gasteiger partial charge in [-0.05, 0) is 42.0 Å². The third-order valence-corrected chi connectivity index (χ3v) is 5.56. The molecule has 5 nitrogen and oxygen atoms in total. The average molecular weight is 381 g/mol. The molecule has 0 saturated carbocycles. The molecule has 0 radical (unpaired) electrons. The fourth-order valence-corrected chi connectivity index (χ4v) is 3.88. The molecule has 1 fully saturated rings. The number of hydrogen-bond acceptors (Lipinski definition) is 6. The minimum absolute atomic E-state index is 0.199. The Morgan fingerprint density at radius 2 is 1.59 bits per heavy atom. The van der Waals surface area contributed by atoms with Crippen LogP contribution in [0.2, 0.25) is 0 Å². The molecule has 0 spiro atoms. The first-order chi connectivity index (χ1) is 13.3. The van der Waals surface area contributed by atoms with E-state index in [4.69, 9.17) is 0 Å². The van der Waals surface area contributed by atoms with E-state index in [0.29, 0.717) is 0 Å². The summed E-state index contributed by atoms with van der Waals surface area (Å²) in [4.78, 5) is 17.4. The third-order valence-electron chi connectivity index (χ3n) is 4.56. The normalized spacial score (nSPS) is 14.4. The smallest absolute Gasteiger partial charge is 0.133 e. The average Bonchev–Trinajstić information content (AvgIpc) is 2.74. The van der Waals surface area contributed by atoms with Gasteiger partial charge >= 0.3 is 0 Å². The molecular weight excluding hydrogens is 361 g/mol. The van der Waals surface area contributed by atoms with E-state index in [9.17, 15) is 4.39 Å². The zero-order valence-corrected chi connectivity index (χ0v) is 15.6. The van der Waals surface area contributed by atoms with Crippen LogP contribution in [0.15, 0.2) is 66.2 Å². The fraction of sp³-hybridized carbons (Fsp3) is 0.250. The summed E-state index contributed by atoms with van der Waals surface area (Å²) in [5.41, 5.74) is 2.29. The van der Waals surface area contributed by atoms with Crippen LogP contribution in [0.25, 0.3) is 0 Å². The molecule has 3 aromatic rings. The van der Waals surface area contributed by atoms with Crippen molar-refractivity contribution in [2.24, 2.45) is 0 Å². The monoisotopic (exact) mass is 381 g/mol. The van der Waals surface area contributed by atoms with Crippen molar-refractivity contribution in [2.75, 3.05) is 36.0 Å². The van der Waals surface area contributed by atoms with Crippen molar-refractivity contribution in [3.63, 3.8) is 0 Å². The number of benzene rings is 1. The van der Waals surface area contributed by atoms with Crippen molar-refractivity contribution >= 4 is 23.3 Å². The van der Waals surface area contributed by atoms with Gasteiger partial charge in [0, 0.05) is 56.1 Å². The van der Waals surface area contributed by atoms with Gasteiger partial charge in [-0.15, -0.1) is 11.8 Å². The molecule has 1 aliphatic rings. The lowest BCUT2D eigenvalue weighted by Crippen LogP contribution is -2.46. The van der Waals surface area contributed by atoms with Crippen LogP contribution in [0.3, 0.4) is 0 Å². The second-order valence-electron chi connectivity index (χ2n) is 6.31. The number of nitrogens with zero attached hydrogens (tertiary/aromatic N) is 5. The zero-order chi connectivity index (χ0) is 18.5. The van der Waals surface area contributed by atoms with Crippen molar-refractivity contribution < 1.29 is 4.39 Å². The fourth-order valence-electron chi connectivity index (χ4n) is 3.06. The Kier molecular flexibility index (Phi) is 5.48. The van der Waals surface area contributed by atoms with Crippen LogP contribution in [0, 0.1) is 5.82 Å². The summed E-state index contributed by atoms with van der Waals surface area (Å²) in [6, 6.07) is 12.8. The largest absolute Gasteiger partial charge is 0.368 e. The molecule has 4 rings (SSSR count). The van der Waals surface area contributed by atoms with Gasteiger partial charge in [0.15, 0.2) is 0 Å². The van der Waals surface area contributed by atoms with Gasteiger partial charge < -0.3 is 9.80 Å². The highest BCUT2D eigenvalue weighted by Crippen LogP contribution is 2.24. The molecule has 3 heterocycles. The van der Waals surface area contributed by atoms with Crippen LogP contribution in [0.1, 0.15) is 5.56 Å². The Morgan fingerprint density at radius 1 is 0.889 bits per heavy atom. The van der Waals surface area contributed by atoms with Gasteiger partial charge in [-0.2, -0.15) is 0 Å². The van der Waals surface area contributed by atoms with Crippen molar-refractivity contribution in [1.82, 2.24) is 15.0 Å². The highest BCUT2D eigenvalue weighted by molar-refractivity contribution is 7.98. The Balaban J connectivity index is 1.36. The van der Waals surface area contributed by atoms with E-state index in [1.54, 1.807) is 18.1 Å². The summed E-state index contributed by atoms with van der Waals surface area (Å²) in [5, 5.41) is 0.970. The van der Waals surface area contributed by atoms with Gasteiger partial charge in [0.05, 0.1) is 0 Å². The van der Waals surface area contributed by atoms with Gasteiger partial charge in [0.1, 0.15) is 23.0 Å². The minimum atomic E-state index is -0.199.